The summed E-state index contributed by atoms with van der Waals surface area (Å²) in [6.45, 7) is 13.0. The van der Waals surface area contributed by atoms with Crippen LogP contribution >= 0.6 is 0 Å². The van der Waals surface area contributed by atoms with Crippen LogP contribution in [0.1, 0.15) is 26.7 Å². The number of likely N-dealkylation sites (N-methyl/N-ethyl adjacent to an activating group) is 1. The van der Waals surface area contributed by atoms with Crippen LogP contribution in [0, 0.1) is 18.3 Å². The van der Waals surface area contributed by atoms with Gasteiger partial charge in [-0.15, -0.1) is 12.3 Å². The number of nitrogens with one attached hydrogen (secondary N) is 1. The lowest BCUT2D eigenvalue weighted by Crippen LogP contribution is -2.15. The van der Waals surface area contributed by atoms with Crippen LogP contribution in [0.3, 0.4) is 0 Å². The molecule has 1 unspecified atom stereocenters. The van der Waals surface area contributed by atoms with Crippen LogP contribution in [-0.4, -0.2) is 6.54 Å². The number of hydrogen-bond acceptors (Lipinski definition) is 1. The van der Waals surface area contributed by atoms with Crippen molar-refractivity contribution in [3.05, 3.63) is 24.4 Å². The Balaban J connectivity index is 3.95. The van der Waals surface area contributed by atoms with Gasteiger partial charge in [0.2, 0.25) is 0 Å². The Morgan fingerprint density at radius 1 is 1.54 bits per heavy atom. The first-order valence-corrected chi connectivity index (χ1v) is 4.68. The Morgan fingerprint density at radius 3 is 2.62 bits per heavy atom. The quantitative estimate of drug-likeness (QED) is 0.486. The van der Waals surface area contributed by atoms with Crippen molar-refractivity contribution in [2.45, 2.75) is 26.7 Å². The minimum atomic E-state index is 0.419. The summed E-state index contributed by atoms with van der Waals surface area (Å²) in [5.41, 5.74) is 2.00. The van der Waals surface area contributed by atoms with Crippen LogP contribution in [0.4, 0.5) is 0 Å². The molecule has 1 heteroatoms. The fraction of sp³-hybridized carbons (Fsp3) is 0.500. The summed E-state index contributed by atoms with van der Waals surface area (Å²) in [6.07, 6.45) is 6.99. The molecule has 1 N–H and O–H groups in total. The molecule has 0 bridgehead atoms. The van der Waals surface area contributed by atoms with Gasteiger partial charge in [-0.2, -0.15) is 0 Å². The molecule has 0 amide bonds. The molecular formula is C12H19N. The average molecular weight is 177 g/mol. The maximum Gasteiger partial charge on any atom is 0.0296 e. The van der Waals surface area contributed by atoms with E-state index in [1.54, 1.807) is 0 Å². The van der Waals surface area contributed by atoms with Gasteiger partial charge in [0, 0.05) is 18.7 Å². The molecule has 1 nitrogen and oxygen atoms in total. The van der Waals surface area contributed by atoms with Crippen molar-refractivity contribution >= 4 is 0 Å². The van der Waals surface area contributed by atoms with Gasteiger partial charge in [0.15, 0.2) is 0 Å². The zero-order valence-corrected chi connectivity index (χ0v) is 8.69. The van der Waals surface area contributed by atoms with Gasteiger partial charge in [-0.3, -0.25) is 0 Å². The van der Waals surface area contributed by atoms with E-state index in [1.165, 1.54) is 0 Å². The summed E-state index contributed by atoms with van der Waals surface area (Å²) in [7, 11) is 0. The Hall–Kier alpha value is -1.16. The van der Waals surface area contributed by atoms with Gasteiger partial charge in [-0.05, 0) is 24.8 Å². The van der Waals surface area contributed by atoms with E-state index in [4.69, 9.17) is 6.42 Å². The SMILES string of the molecule is C#CCCC(C)C(=C)C(=C)NCC. The molecule has 0 heterocycles. The van der Waals surface area contributed by atoms with Crippen molar-refractivity contribution in [3.63, 3.8) is 0 Å². The van der Waals surface area contributed by atoms with Crippen LogP contribution in [0.25, 0.3) is 0 Å². The van der Waals surface area contributed by atoms with Gasteiger partial charge in [-0.1, -0.05) is 20.1 Å². The summed E-state index contributed by atoms with van der Waals surface area (Å²) in [4.78, 5) is 0. The fourth-order valence-electron chi connectivity index (χ4n) is 1.10. The van der Waals surface area contributed by atoms with E-state index in [1.807, 2.05) is 6.92 Å². The van der Waals surface area contributed by atoms with E-state index in [0.717, 1.165) is 30.7 Å². The Bertz CT molecular complexity index is 220. The normalized spacial score (nSPS) is 11.5. The molecule has 0 aromatic rings. The van der Waals surface area contributed by atoms with Gasteiger partial charge in [-0.25, -0.2) is 0 Å². The van der Waals surface area contributed by atoms with Crippen LogP contribution in [0.15, 0.2) is 24.4 Å². The zero-order valence-electron chi connectivity index (χ0n) is 8.69. The maximum atomic E-state index is 5.19. The van der Waals surface area contributed by atoms with Gasteiger partial charge in [0.25, 0.3) is 0 Å². The van der Waals surface area contributed by atoms with E-state index < -0.39 is 0 Å². The number of rotatable bonds is 6. The third kappa shape index (κ3) is 4.42. The summed E-state index contributed by atoms with van der Waals surface area (Å²) in [6, 6.07) is 0. The molecule has 0 aromatic heterocycles. The molecule has 0 spiro atoms. The minimum absolute atomic E-state index is 0.419. The molecular weight excluding hydrogens is 158 g/mol. The van der Waals surface area contributed by atoms with E-state index in [-0.39, 0.29) is 0 Å². The predicted molar refractivity (Wildman–Crippen MR) is 59.2 cm³/mol. The molecule has 0 fully saturated rings. The highest BCUT2D eigenvalue weighted by atomic mass is 14.9. The van der Waals surface area contributed by atoms with Gasteiger partial charge in [0.05, 0.1) is 0 Å². The van der Waals surface area contributed by atoms with Gasteiger partial charge in [0.1, 0.15) is 0 Å². The number of terminal acetylenes is 1. The fourth-order valence-corrected chi connectivity index (χ4v) is 1.10. The van der Waals surface area contributed by atoms with Crippen molar-refractivity contribution in [1.82, 2.24) is 5.32 Å². The molecule has 0 aromatic carbocycles. The lowest BCUT2D eigenvalue weighted by molar-refractivity contribution is 0.623. The van der Waals surface area contributed by atoms with Crippen LogP contribution in [-0.2, 0) is 0 Å². The second kappa shape index (κ2) is 6.37. The van der Waals surface area contributed by atoms with Crippen molar-refractivity contribution in [1.29, 1.82) is 0 Å². The minimum Gasteiger partial charge on any atom is -0.386 e. The van der Waals surface area contributed by atoms with Crippen LogP contribution < -0.4 is 5.32 Å². The van der Waals surface area contributed by atoms with Crippen molar-refractivity contribution in [2.75, 3.05) is 6.54 Å². The lowest BCUT2D eigenvalue weighted by atomic mass is 9.95. The highest BCUT2D eigenvalue weighted by molar-refractivity contribution is 5.25. The van der Waals surface area contributed by atoms with Crippen LogP contribution in [0.5, 0.6) is 0 Å². The first-order chi connectivity index (χ1) is 6.13. The number of allylic oxidation sites excluding steroid dienone is 1. The molecule has 13 heavy (non-hydrogen) atoms. The lowest BCUT2D eigenvalue weighted by Gasteiger charge is -2.16. The first-order valence-electron chi connectivity index (χ1n) is 4.68. The average Bonchev–Trinajstić information content (AvgIpc) is 2.13. The number of hydrogen-bond donors (Lipinski definition) is 1. The Morgan fingerprint density at radius 2 is 2.15 bits per heavy atom. The van der Waals surface area contributed by atoms with E-state index in [0.29, 0.717) is 5.92 Å². The van der Waals surface area contributed by atoms with Crippen molar-refractivity contribution in [2.24, 2.45) is 5.92 Å². The molecule has 0 aliphatic rings. The molecule has 1 atom stereocenters. The van der Waals surface area contributed by atoms with E-state index >= 15 is 0 Å². The largest absolute Gasteiger partial charge is 0.386 e. The molecule has 72 valence electrons. The standard InChI is InChI=1S/C12H19N/c1-6-8-9-10(3)11(4)12(5)13-7-2/h1,10,13H,4-5,7-9H2,2-3H3. The monoisotopic (exact) mass is 177 g/mol. The third-order valence-electron chi connectivity index (χ3n) is 2.09. The molecule has 0 rings (SSSR count). The Labute approximate surface area is 81.9 Å². The van der Waals surface area contributed by atoms with E-state index in [9.17, 15) is 0 Å². The third-order valence-corrected chi connectivity index (χ3v) is 2.09. The van der Waals surface area contributed by atoms with Crippen molar-refractivity contribution in [3.8, 4) is 12.3 Å². The van der Waals surface area contributed by atoms with Gasteiger partial charge >= 0.3 is 0 Å². The Kier molecular flexibility index (Phi) is 5.80. The van der Waals surface area contributed by atoms with Crippen LogP contribution in [0.2, 0.25) is 0 Å². The van der Waals surface area contributed by atoms with Gasteiger partial charge < -0.3 is 5.32 Å². The smallest absolute Gasteiger partial charge is 0.0296 e. The molecule has 0 aliphatic heterocycles. The zero-order chi connectivity index (χ0) is 10.3. The summed E-state index contributed by atoms with van der Waals surface area (Å²) >= 11 is 0. The summed E-state index contributed by atoms with van der Waals surface area (Å²) < 4.78 is 0. The molecule has 0 saturated carbocycles. The molecule has 0 radical (unpaired) electrons. The summed E-state index contributed by atoms with van der Waals surface area (Å²) in [5.74, 6) is 3.05. The highest BCUT2D eigenvalue weighted by Gasteiger charge is 2.07. The second-order valence-corrected chi connectivity index (χ2v) is 3.18. The predicted octanol–water partition coefficient (Wildman–Crippen LogP) is 2.72. The van der Waals surface area contributed by atoms with E-state index in [2.05, 4.69) is 31.3 Å². The maximum absolute atomic E-state index is 5.19. The molecule has 0 aliphatic carbocycles. The highest BCUT2D eigenvalue weighted by Crippen LogP contribution is 2.18. The topological polar surface area (TPSA) is 12.0 Å². The second-order valence-electron chi connectivity index (χ2n) is 3.18. The van der Waals surface area contributed by atoms with Crippen molar-refractivity contribution < 1.29 is 0 Å². The molecule has 0 saturated heterocycles. The first kappa shape index (κ1) is 11.8. The summed E-state index contributed by atoms with van der Waals surface area (Å²) in [5, 5.41) is 3.16.